The van der Waals surface area contributed by atoms with Crippen LogP contribution in [0.5, 0.6) is 0 Å². The highest BCUT2D eigenvalue weighted by Gasteiger charge is 2.21. The molecule has 1 aromatic carbocycles. The number of amides is 2. The van der Waals surface area contributed by atoms with E-state index in [9.17, 15) is 4.79 Å². The van der Waals surface area contributed by atoms with Crippen LogP contribution in [0.15, 0.2) is 28.7 Å². The number of aromatic nitrogens is 3. The first-order valence-electron chi connectivity index (χ1n) is 8.79. The Bertz CT molecular complexity index is 932. The minimum atomic E-state index is -0.174. The van der Waals surface area contributed by atoms with Gasteiger partial charge in [0.1, 0.15) is 0 Å². The lowest BCUT2D eigenvalue weighted by atomic mass is 10.2. The zero-order valence-corrected chi connectivity index (χ0v) is 16.9. The van der Waals surface area contributed by atoms with Crippen molar-refractivity contribution in [3.8, 4) is 11.5 Å². The molecule has 0 aliphatic rings. The molecule has 2 heterocycles. The van der Waals surface area contributed by atoms with Crippen LogP contribution < -0.4 is 5.32 Å². The summed E-state index contributed by atoms with van der Waals surface area (Å²) in [5, 5.41) is 11.9. The van der Waals surface area contributed by atoms with Crippen molar-refractivity contribution in [1.82, 2.24) is 20.1 Å². The molecule has 0 fully saturated rings. The van der Waals surface area contributed by atoms with Crippen LogP contribution in [0.1, 0.15) is 41.4 Å². The summed E-state index contributed by atoms with van der Waals surface area (Å²) in [5.41, 5.74) is 2.49. The minimum absolute atomic E-state index is 0.0543. The molecule has 0 aliphatic heterocycles. The van der Waals surface area contributed by atoms with Crippen LogP contribution in [0.2, 0.25) is 0 Å². The maximum atomic E-state index is 12.6. The van der Waals surface area contributed by atoms with Crippen molar-refractivity contribution in [3.05, 3.63) is 45.7 Å². The van der Waals surface area contributed by atoms with Gasteiger partial charge in [0.15, 0.2) is 0 Å². The van der Waals surface area contributed by atoms with Gasteiger partial charge in [0.05, 0.1) is 16.7 Å². The van der Waals surface area contributed by atoms with Gasteiger partial charge in [0, 0.05) is 29.6 Å². The third-order valence-corrected chi connectivity index (χ3v) is 5.62. The highest BCUT2D eigenvalue weighted by atomic mass is 32.1. The predicted octanol–water partition coefficient (Wildman–Crippen LogP) is 4.60. The van der Waals surface area contributed by atoms with Crippen LogP contribution in [0.25, 0.3) is 11.5 Å². The van der Waals surface area contributed by atoms with Gasteiger partial charge in [0.25, 0.3) is 0 Å². The Kier molecular flexibility index (Phi) is 5.55. The summed E-state index contributed by atoms with van der Waals surface area (Å²) < 4.78 is 5.55. The van der Waals surface area contributed by atoms with E-state index >= 15 is 0 Å². The molecule has 0 saturated heterocycles. The van der Waals surface area contributed by atoms with Gasteiger partial charge in [-0.2, -0.15) is 0 Å². The van der Waals surface area contributed by atoms with Crippen molar-refractivity contribution in [2.24, 2.45) is 0 Å². The number of nitrogens with zero attached hydrogens (tertiary/aromatic N) is 4. The molecule has 7 nitrogen and oxygen atoms in total. The monoisotopic (exact) mass is 385 g/mol. The van der Waals surface area contributed by atoms with Crippen LogP contribution >= 0.6 is 11.3 Å². The second-order valence-electron chi connectivity index (χ2n) is 6.33. The summed E-state index contributed by atoms with van der Waals surface area (Å²) in [6, 6.07) is 7.12. The molecular formula is C19H23N5O2S. The molecule has 0 radical (unpaired) electrons. The third kappa shape index (κ3) is 4.16. The first-order chi connectivity index (χ1) is 12.9. The molecule has 1 unspecified atom stereocenters. The molecule has 0 spiro atoms. The van der Waals surface area contributed by atoms with E-state index in [4.69, 9.17) is 4.42 Å². The second kappa shape index (κ2) is 7.87. The Hall–Kier alpha value is -2.74. The van der Waals surface area contributed by atoms with E-state index in [1.807, 2.05) is 52.0 Å². The molecule has 2 amide bonds. The van der Waals surface area contributed by atoms with E-state index in [0.29, 0.717) is 23.9 Å². The van der Waals surface area contributed by atoms with Crippen molar-refractivity contribution < 1.29 is 9.21 Å². The zero-order valence-electron chi connectivity index (χ0n) is 16.1. The zero-order chi connectivity index (χ0) is 19.6. The van der Waals surface area contributed by atoms with Gasteiger partial charge in [-0.05, 0) is 45.0 Å². The average molecular weight is 385 g/mol. The minimum Gasteiger partial charge on any atom is -0.421 e. The predicted molar refractivity (Wildman–Crippen MR) is 106 cm³/mol. The first-order valence-corrected chi connectivity index (χ1v) is 9.61. The molecule has 0 bridgehead atoms. The number of urea groups is 1. The number of aryl methyl sites for hydroxylation is 3. The quantitative estimate of drug-likeness (QED) is 0.694. The van der Waals surface area contributed by atoms with Crippen molar-refractivity contribution in [2.75, 3.05) is 12.4 Å². The van der Waals surface area contributed by atoms with E-state index in [1.54, 1.807) is 23.3 Å². The number of hydrogen-bond acceptors (Lipinski definition) is 6. The Morgan fingerprint density at radius 3 is 2.52 bits per heavy atom. The summed E-state index contributed by atoms with van der Waals surface area (Å²) >= 11 is 1.62. The van der Waals surface area contributed by atoms with Crippen LogP contribution in [0.4, 0.5) is 10.5 Å². The fourth-order valence-corrected chi connectivity index (χ4v) is 3.73. The molecule has 0 saturated carbocycles. The standard InChI is InChI=1S/C19H23N5O2S/c1-6-16-22-23-18(26-16)14-7-9-15(10-8-14)21-19(25)24(5)12(3)17-11(2)20-13(4)27-17/h7-10,12H,6H2,1-5H3,(H,21,25). The van der Waals surface area contributed by atoms with Crippen molar-refractivity contribution in [1.29, 1.82) is 0 Å². The highest BCUT2D eigenvalue weighted by Crippen LogP contribution is 2.28. The van der Waals surface area contributed by atoms with Gasteiger partial charge < -0.3 is 14.6 Å². The van der Waals surface area contributed by atoms with Gasteiger partial charge in [0.2, 0.25) is 11.8 Å². The van der Waals surface area contributed by atoms with Gasteiger partial charge in [-0.1, -0.05) is 6.92 Å². The fourth-order valence-electron chi connectivity index (χ4n) is 2.71. The topological polar surface area (TPSA) is 84.2 Å². The fraction of sp³-hybridized carbons (Fsp3) is 0.368. The molecule has 1 N–H and O–H groups in total. The van der Waals surface area contributed by atoms with Gasteiger partial charge in [-0.3, -0.25) is 0 Å². The summed E-state index contributed by atoms with van der Waals surface area (Å²) in [6.07, 6.45) is 0.699. The summed E-state index contributed by atoms with van der Waals surface area (Å²) in [6.45, 7) is 7.91. The number of nitrogens with one attached hydrogen (secondary N) is 1. The van der Waals surface area contributed by atoms with Crippen molar-refractivity contribution in [2.45, 2.75) is 40.2 Å². The van der Waals surface area contributed by atoms with Crippen LogP contribution in [-0.2, 0) is 6.42 Å². The molecule has 142 valence electrons. The van der Waals surface area contributed by atoms with Crippen molar-refractivity contribution >= 4 is 23.1 Å². The van der Waals surface area contributed by atoms with Gasteiger partial charge in [-0.25, -0.2) is 9.78 Å². The lowest BCUT2D eigenvalue weighted by Gasteiger charge is -2.24. The van der Waals surface area contributed by atoms with E-state index in [2.05, 4.69) is 20.5 Å². The summed E-state index contributed by atoms with van der Waals surface area (Å²) in [4.78, 5) is 19.8. The summed E-state index contributed by atoms with van der Waals surface area (Å²) in [7, 11) is 1.79. The number of carbonyl (C=O) groups excluding carboxylic acids is 1. The molecule has 3 aromatic rings. The molecule has 3 rings (SSSR count). The Morgan fingerprint density at radius 2 is 1.96 bits per heavy atom. The second-order valence-corrected chi connectivity index (χ2v) is 7.57. The normalized spacial score (nSPS) is 12.0. The van der Waals surface area contributed by atoms with E-state index in [1.165, 1.54) is 0 Å². The van der Waals surface area contributed by atoms with Crippen LogP contribution in [0, 0.1) is 13.8 Å². The Labute approximate surface area is 162 Å². The molecule has 0 aliphatic carbocycles. The maximum absolute atomic E-state index is 12.6. The Balaban J connectivity index is 1.67. The number of rotatable bonds is 5. The average Bonchev–Trinajstić information content (AvgIpc) is 3.27. The number of benzene rings is 1. The number of hydrogen-bond donors (Lipinski definition) is 1. The molecular weight excluding hydrogens is 362 g/mol. The van der Waals surface area contributed by atoms with Crippen LogP contribution in [-0.4, -0.2) is 33.2 Å². The largest absolute Gasteiger partial charge is 0.421 e. The van der Waals surface area contributed by atoms with Gasteiger partial charge in [-0.15, -0.1) is 21.5 Å². The number of carbonyl (C=O) groups is 1. The lowest BCUT2D eigenvalue weighted by molar-refractivity contribution is 0.209. The number of thiazole rings is 1. The third-order valence-electron chi connectivity index (χ3n) is 4.37. The highest BCUT2D eigenvalue weighted by molar-refractivity contribution is 7.11. The van der Waals surface area contributed by atoms with E-state index in [-0.39, 0.29) is 12.1 Å². The molecule has 1 atom stereocenters. The first kappa shape index (κ1) is 19.0. The maximum Gasteiger partial charge on any atom is 0.322 e. The van der Waals surface area contributed by atoms with E-state index < -0.39 is 0 Å². The van der Waals surface area contributed by atoms with Crippen LogP contribution in [0.3, 0.4) is 0 Å². The molecule has 27 heavy (non-hydrogen) atoms. The smallest absolute Gasteiger partial charge is 0.322 e. The Morgan fingerprint density at radius 1 is 1.26 bits per heavy atom. The van der Waals surface area contributed by atoms with Crippen molar-refractivity contribution in [3.63, 3.8) is 0 Å². The number of anilines is 1. The lowest BCUT2D eigenvalue weighted by Crippen LogP contribution is -2.33. The molecule has 8 heteroatoms. The molecule has 2 aromatic heterocycles. The van der Waals surface area contributed by atoms with Gasteiger partial charge >= 0.3 is 6.03 Å². The van der Waals surface area contributed by atoms with E-state index in [0.717, 1.165) is 21.1 Å². The summed E-state index contributed by atoms with van der Waals surface area (Å²) in [5.74, 6) is 1.08. The SMILES string of the molecule is CCc1nnc(-c2ccc(NC(=O)N(C)C(C)c3sc(C)nc3C)cc2)o1.